The number of pyridine rings is 1. The highest BCUT2D eigenvalue weighted by Gasteiger charge is 2.07. The molecule has 0 aliphatic heterocycles. The lowest BCUT2D eigenvalue weighted by molar-refractivity contribution is -0.124. The Balaban J connectivity index is 2.12. The molecular weight excluding hydrogens is 370 g/mol. The second-order valence-corrected chi connectivity index (χ2v) is 7.51. The molecule has 1 aromatic heterocycles. The van der Waals surface area contributed by atoms with E-state index >= 15 is 0 Å². The zero-order valence-corrected chi connectivity index (χ0v) is 17.4. The first-order valence-corrected chi connectivity index (χ1v) is 10.6. The fourth-order valence-electron chi connectivity index (χ4n) is 2.88. The van der Waals surface area contributed by atoms with Crippen LogP contribution < -0.4 is 5.48 Å². The number of carbonyl (C=O) groups excluding carboxylic acids is 1. The van der Waals surface area contributed by atoms with Crippen molar-refractivity contribution in [2.75, 3.05) is 25.4 Å². The molecule has 2 rings (SSSR count). The maximum atomic E-state index is 11.2. The van der Waals surface area contributed by atoms with E-state index in [2.05, 4.69) is 35.9 Å². The average molecular weight is 400 g/mol. The van der Waals surface area contributed by atoms with E-state index < -0.39 is 5.91 Å². The maximum absolute atomic E-state index is 11.2. The summed E-state index contributed by atoms with van der Waals surface area (Å²) in [5, 5.41) is 8.64. The van der Waals surface area contributed by atoms with Crippen LogP contribution in [0.2, 0.25) is 0 Å². The number of thioether (sulfide) groups is 1. The van der Waals surface area contributed by atoms with Gasteiger partial charge in [-0.2, -0.15) is 0 Å². The maximum Gasteiger partial charge on any atom is 0.267 e. The number of benzene rings is 1. The largest absolute Gasteiger partial charge is 0.303 e. The first kappa shape index (κ1) is 22.1. The third kappa shape index (κ3) is 7.46. The SMILES string of the molecule is CCN(CC)CCSc1ccc(/C=C/C(=O)NO)cc1CCc1ccccn1. The summed E-state index contributed by atoms with van der Waals surface area (Å²) in [6, 6.07) is 12.2. The van der Waals surface area contributed by atoms with Gasteiger partial charge >= 0.3 is 0 Å². The number of amides is 1. The standard InChI is InChI=1S/C22H29N3O2S/c1-3-25(4-2)15-16-28-21-12-8-18(9-13-22(26)24-27)17-19(21)10-11-20-7-5-6-14-23-20/h5-9,12-14,17,27H,3-4,10-11,15-16H2,1-2H3,(H,24,26)/b13-9+. The van der Waals surface area contributed by atoms with Gasteiger partial charge in [-0.25, -0.2) is 5.48 Å². The van der Waals surface area contributed by atoms with Gasteiger partial charge in [0.25, 0.3) is 5.91 Å². The van der Waals surface area contributed by atoms with E-state index in [0.29, 0.717) is 0 Å². The van der Waals surface area contributed by atoms with E-state index in [9.17, 15) is 4.79 Å². The van der Waals surface area contributed by atoms with Gasteiger partial charge in [-0.3, -0.25) is 15.0 Å². The molecule has 1 aromatic carbocycles. The van der Waals surface area contributed by atoms with E-state index in [4.69, 9.17) is 5.21 Å². The number of aromatic nitrogens is 1. The predicted octanol–water partition coefficient (Wildman–Crippen LogP) is 3.82. The lowest BCUT2D eigenvalue weighted by Crippen LogP contribution is -2.25. The minimum absolute atomic E-state index is 0.535. The van der Waals surface area contributed by atoms with E-state index in [1.54, 1.807) is 11.6 Å². The molecule has 0 bridgehead atoms. The minimum atomic E-state index is -0.535. The van der Waals surface area contributed by atoms with Gasteiger partial charge in [-0.05, 0) is 61.3 Å². The summed E-state index contributed by atoms with van der Waals surface area (Å²) in [5.74, 6) is 0.508. The van der Waals surface area contributed by atoms with Crippen LogP contribution in [0.15, 0.2) is 53.6 Å². The van der Waals surface area contributed by atoms with E-state index in [0.717, 1.165) is 49.5 Å². The summed E-state index contributed by atoms with van der Waals surface area (Å²) >= 11 is 1.87. The Kier molecular flexibility index (Phi) is 9.76. The molecule has 2 aromatic rings. The van der Waals surface area contributed by atoms with Crippen molar-refractivity contribution in [1.29, 1.82) is 0 Å². The molecular formula is C22H29N3O2S. The average Bonchev–Trinajstić information content (AvgIpc) is 2.75. The Morgan fingerprint density at radius 2 is 2.04 bits per heavy atom. The second kappa shape index (κ2) is 12.3. The second-order valence-electron chi connectivity index (χ2n) is 6.37. The molecule has 0 fully saturated rings. The normalized spacial score (nSPS) is 11.3. The summed E-state index contributed by atoms with van der Waals surface area (Å²) in [6.45, 7) is 7.59. The van der Waals surface area contributed by atoms with Gasteiger partial charge in [-0.15, -0.1) is 11.8 Å². The molecule has 0 radical (unpaired) electrons. The molecule has 0 aliphatic carbocycles. The van der Waals surface area contributed by atoms with Crippen LogP contribution >= 0.6 is 11.8 Å². The molecule has 0 saturated carbocycles. The van der Waals surface area contributed by atoms with Crippen molar-refractivity contribution in [2.24, 2.45) is 0 Å². The first-order chi connectivity index (χ1) is 13.7. The van der Waals surface area contributed by atoms with Crippen LogP contribution in [0.5, 0.6) is 0 Å². The highest BCUT2D eigenvalue weighted by molar-refractivity contribution is 7.99. The molecule has 1 amide bonds. The number of nitrogens with one attached hydrogen (secondary N) is 1. The van der Waals surface area contributed by atoms with Crippen LogP contribution in [0.4, 0.5) is 0 Å². The molecule has 0 atom stereocenters. The van der Waals surface area contributed by atoms with Crippen molar-refractivity contribution in [1.82, 2.24) is 15.4 Å². The van der Waals surface area contributed by atoms with Crippen LogP contribution in [-0.2, 0) is 17.6 Å². The summed E-state index contributed by atoms with van der Waals surface area (Å²) in [4.78, 5) is 19.4. The Morgan fingerprint density at radius 3 is 2.71 bits per heavy atom. The number of hydrogen-bond donors (Lipinski definition) is 2. The fraction of sp³-hybridized carbons (Fsp3) is 0.364. The Hall–Kier alpha value is -2.15. The smallest absolute Gasteiger partial charge is 0.267 e. The van der Waals surface area contributed by atoms with Gasteiger partial charge < -0.3 is 4.90 Å². The van der Waals surface area contributed by atoms with Gasteiger partial charge in [0, 0.05) is 35.2 Å². The molecule has 28 heavy (non-hydrogen) atoms. The van der Waals surface area contributed by atoms with Crippen molar-refractivity contribution in [3.63, 3.8) is 0 Å². The van der Waals surface area contributed by atoms with Crippen LogP contribution in [0.1, 0.15) is 30.7 Å². The van der Waals surface area contributed by atoms with Gasteiger partial charge in [0.15, 0.2) is 0 Å². The molecule has 5 nitrogen and oxygen atoms in total. The van der Waals surface area contributed by atoms with E-state index in [1.807, 2.05) is 42.2 Å². The molecule has 0 saturated heterocycles. The van der Waals surface area contributed by atoms with Gasteiger partial charge in [0.2, 0.25) is 0 Å². The van der Waals surface area contributed by atoms with Crippen LogP contribution in [-0.4, -0.2) is 46.4 Å². The van der Waals surface area contributed by atoms with Crippen molar-refractivity contribution < 1.29 is 10.0 Å². The molecule has 6 heteroatoms. The molecule has 0 spiro atoms. The van der Waals surface area contributed by atoms with Crippen LogP contribution in [0.3, 0.4) is 0 Å². The van der Waals surface area contributed by atoms with Crippen molar-refractivity contribution in [3.8, 4) is 0 Å². The van der Waals surface area contributed by atoms with Crippen molar-refractivity contribution >= 4 is 23.7 Å². The van der Waals surface area contributed by atoms with Crippen molar-refractivity contribution in [2.45, 2.75) is 31.6 Å². The lowest BCUT2D eigenvalue weighted by Gasteiger charge is -2.18. The molecule has 1 heterocycles. The van der Waals surface area contributed by atoms with Gasteiger partial charge in [0.1, 0.15) is 0 Å². The first-order valence-electron chi connectivity index (χ1n) is 9.66. The molecule has 0 unspecified atom stereocenters. The summed E-state index contributed by atoms with van der Waals surface area (Å²) < 4.78 is 0. The summed E-state index contributed by atoms with van der Waals surface area (Å²) in [6.07, 6.45) is 6.61. The molecule has 150 valence electrons. The van der Waals surface area contributed by atoms with Crippen LogP contribution in [0, 0.1) is 0 Å². The summed E-state index contributed by atoms with van der Waals surface area (Å²) in [5.41, 5.74) is 4.88. The highest BCUT2D eigenvalue weighted by Crippen LogP contribution is 2.26. The topological polar surface area (TPSA) is 65.5 Å². The third-order valence-electron chi connectivity index (χ3n) is 4.56. The van der Waals surface area contributed by atoms with Crippen molar-refractivity contribution in [3.05, 3.63) is 65.5 Å². The van der Waals surface area contributed by atoms with E-state index in [-0.39, 0.29) is 0 Å². The quantitative estimate of drug-likeness (QED) is 0.260. The highest BCUT2D eigenvalue weighted by atomic mass is 32.2. The van der Waals surface area contributed by atoms with E-state index in [1.165, 1.54) is 16.5 Å². The minimum Gasteiger partial charge on any atom is -0.303 e. The molecule has 0 aliphatic rings. The molecule has 2 N–H and O–H groups in total. The Labute approximate surface area is 171 Å². The Morgan fingerprint density at radius 1 is 1.21 bits per heavy atom. The zero-order chi connectivity index (χ0) is 20.2. The van der Waals surface area contributed by atoms with Gasteiger partial charge in [-0.1, -0.05) is 32.0 Å². The Bertz CT molecular complexity index is 762. The summed E-state index contributed by atoms with van der Waals surface area (Å²) in [7, 11) is 0. The number of aryl methyl sites for hydroxylation is 2. The number of nitrogens with zero attached hydrogens (tertiary/aromatic N) is 2. The zero-order valence-electron chi connectivity index (χ0n) is 16.6. The van der Waals surface area contributed by atoms with Gasteiger partial charge in [0.05, 0.1) is 0 Å². The lowest BCUT2D eigenvalue weighted by atomic mass is 10.0. The number of rotatable bonds is 11. The number of hydrogen-bond acceptors (Lipinski definition) is 5. The predicted molar refractivity (Wildman–Crippen MR) is 116 cm³/mol. The van der Waals surface area contributed by atoms with Crippen LogP contribution in [0.25, 0.3) is 6.08 Å². The fourth-order valence-corrected chi connectivity index (χ4v) is 3.96. The third-order valence-corrected chi connectivity index (χ3v) is 5.65. The number of carbonyl (C=O) groups is 1. The monoisotopic (exact) mass is 399 g/mol. The number of hydroxylamine groups is 1.